The Kier molecular flexibility index (Phi) is 7.87. The molecule has 1 saturated heterocycles. The zero-order valence-corrected chi connectivity index (χ0v) is 20.6. The van der Waals surface area contributed by atoms with Crippen LogP contribution in [-0.2, 0) is 35.6 Å². The van der Waals surface area contributed by atoms with Crippen LogP contribution in [0, 0.1) is 30.9 Å². The predicted octanol–water partition coefficient (Wildman–Crippen LogP) is 1.31. The lowest BCUT2D eigenvalue weighted by Gasteiger charge is -2.27. The average molecular weight is 510 g/mol. The Morgan fingerprint density at radius 1 is 1.26 bits per heavy atom. The van der Waals surface area contributed by atoms with Gasteiger partial charge in [-0.15, -0.1) is 0 Å². The first kappa shape index (κ1) is 26.2. The van der Waals surface area contributed by atoms with E-state index in [-0.39, 0.29) is 40.7 Å². The number of esters is 1. The topological polar surface area (TPSA) is 163 Å². The number of rotatable bonds is 8. The van der Waals surface area contributed by atoms with E-state index in [0.717, 1.165) is 4.68 Å². The van der Waals surface area contributed by atoms with Crippen LogP contribution in [0.15, 0.2) is 23.1 Å². The summed E-state index contributed by atoms with van der Waals surface area (Å²) in [6, 6.07) is 4.49. The summed E-state index contributed by atoms with van der Waals surface area (Å²) < 4.78 is 38.9. The highest BCUT2D eigenvalue weighted by atomic mass is 32.2. The second-order valence-electron chi connectivity index (χ2n) is 8.05. The van der Waals surface area contributed by atoms with E-state index in [4.69, 9.17) is 9.47 Å². The molecular formula is C21H27N5O8S. The van der Waals surface area contributed by atoms with Crippen LogP contribution in [0.4, 0.5) is 11.4 Å². The molecule has 3 rings (SSSR count). The number of nitrogens with zero attached hydrogens (tertiary/aromatic N) is 4. The number of nitrogens with one attached hydrogen (secondary N) is 1. The monoisotopic (exact) mass is 509 g/mol. The van der Waals surface area contributed by atoms with Crippen LogP contribution in [0.5, 0.6) is 0 Å². The molecule has 1 fully saturated rings. The maximum Gasteiger partial charge on any atom is 0.328 e. The maximum absolute atomic E-state index is 13.0. The van der Waals surface area contributed by atoms with Crippen molar-refractivity contribution in [3.8, 4) is 0 Å². The molecule has 0 aliphatic carbocycles. The SMILES string of the molecule is Cc1ccc(NC(=O)[C@@H](C)OC(=O)Cn2nc(C)c([N+](=O)[O-])c2C)cc1S(=O)(=O)N1CCOCC1. The van der Waals surface area contributed by atoms with Gasteiger partial charge in [-0.3, -0.25) is 24.4 Å². The van der Waals surface area contributed by atoms with Crippen LogP contribution < -0.4 is 5.32 Å². The van der Waals surface area contributed by atoms with Gasteiger partial charge in [-0.25, -0.2) is 8.42 Å². The number of hydrogen-bond acceptors (Lipinski definition) is 9. The molecule has 1 aromatic heterocycles. The van der Waals surface area contributed by atoms with Crippen molar-refractivity contribution in [1.82, 2.24) is 14.1 Å². The van der Waals surface area contributed by atoms with Crippen molar-refractivity contribution >= 4 is 33.3 Å². The smallest absolute Gasteiger partial charge is 0.328 e. The molecule has 0 spiro atoms. The van der Waals surface area contributed by atoms with Crippen LogP contribution in [0.1, 0.15) is 23.9 Å². The number of carbonyl (C=O) groups is 2. The summed E-state index contributed by atoms with van der Waals surface area (Å²) >= 11 is 0. The fourth-order valence-corrected chi connectivity index (χ4v) is 5.30. The van der Waals surface area contributed by atoms with Gasteiger partial charge in [-0.2, -0.15) is 9.40 Å². The number of morpholine rings is 1. The van der Waals surface area contributed by atoms with Crippen molar-refractivity contribution in [2.24, 2.45) is 0 Å². The molecule has 13 nitrogen and oxygen atoms in total. The van der Waals surface area contributed by atoms with E-state index < -0.39 is 39.5 Å². The minimum Gasteiger partial charge on any atom is -0.451 e. The summed E-state index contributed by atoms with van der Waals surface area (Å²) in [6.07, 6.45) is -1.21. The number of benzene rings is 1. The van der Waals surface area contributed by atoms with Gasteiger partial charge < -0.3 is 14.8 Å². The second-order valence-corrected chi connectivity index (χ2v) is 9.96. The summed E-state index contributed by atoms with van der Waals surface area (Å²) in [5.41, 5.74) is 0.909. The van der Waals surface area contributed by atoms with Gasteiger partial charge in [0.15, 0.2) is 6.10 Å². The number of amides is 1. The summed E-state index contributed by atoms with van der Waals surface area (Å²) in [4.78, 5) is 35.5. The molecule has 1 amide bonds. The quantitative estimate of drug-likeness (QED) is 0.314. The van der Waals surface area contributed by atoms with Crippen molar-refractivity contribution in [1.29, 1.82) is 0 Å². The van der Waals surface area contributed by atoms with Crippen LogP contribution in [0.3, 0.4) is 0 Å². The van der Waals surface area contributed by atoms with Gasteiger partial charge in [-0.1, -0.05) is 6.07 Å². The molecular weight excluding hydrogens is 482 g/mol. The number of nitro groups is 1. The van der Waals surface area contributed by atoms with E-state index in [1.807, 2.05) is 0 Å². The summed E-state index contributed by atoms with van der Waals surface area (Å²) in [6.45, 7) is 6.62. The Bertz CT molecular complexity index is 1250. The molecule has 0 saturated carbocycles. The summed E-state index contributed by atoms with van der Waals surface area (Å²) in [7, 11) is -3.78. The zero-order valence-electron chi connectivity index (χ0n) is 19.8. The average Bonchev–Trinajstić information content (AvgIpc) is 3.07. The third-order valence-electron chi connectivity index (χ3n) is 5.53. The Labute approximate surface area is 202 Å². The predicted molar refractivity (Wildman–Crippen MR) is 123 cm³/mol. The first-order valence-electron chi connectivity index (χ1n) is 10.8. The number of sulfonamides is 1. The lowest BCUT2D eigenvalue weighted by Crippen LogP contribution is -2.40. The van der Waals surface area contributed by atoms with Gasteiger partial charge in [0.2, 0.25) is 10.0 Å². The van der Waals surface area contributed by atoms with Crippen LogP contribution in [0.25, 0.3) is 0 Å². The van der Waals surface area contributed by atoms with Crippen molar-refractivity contribution in [3.05, 3.63) is 45.3 Å². The molecule has 2 heterocycles. The molecule has 35 heavy (non-hydrogen) atoms. The minimum absolute atomic E-state index is 0.0629. The number of anilines is 1. The lowest BCUT2D eigenvalue weighted by molar-refractivity contribution is -0.386. The zero-order chi connectivity index (χ0) is 25.9. The summed E-state index contributed by atoms with van der Waals surface area (Å²) in [5, 5.41) is 17.6. The Morgan fingerprint density at radius 2 is 1.91 bits per heavy atom. The molecule has 0 bridgehead atoms. The lowest BCUT2D eigenvalue weighted by atomic mass is 10.2. The van der Waals surface area contributed by atoms with E-state index in [2.05, 4.69) is 10.4 Å². The highest BCUT2D eigenvalue weighted by Gasteiger charge is 2.29. The number of carbonyl (C=O) groups excluding carboxylic acids is 2. The van der Waals surface area contributed by atoms with E-state index in [1.54, 1.807) is 19.1 Å². The molecule has 0 radical (unpaired) electrons. The standard InChI is InChI=1S/C21H27N5O8S/c1-13-5-6-17(11-18(13)35(31,32)24-7-9-33-10-8-24)22-21(28)16(4)34-19(27)12-25-15(3)20(26(29)30)14(2)23-25/h5-6,11,16H,7-10,12H2,1-4H3,(H,22,28)/t16-/m1/s1. The van der Waals surface area contributed by atoms with Gasteiger partial charge in [0.25, 0.3) is 5.91 Å². The molecule has 1 aromatic carbocycles. The van der Waals surface area contributed by atoms with Crippen molar-refractivity contribution in [2.45, 2.75) is 45.2 Å². The third kappa shape index (κ3) is 5.83. The van der Waals surface area contributed by atoms with Crippen LogP contribution in [0.2, 0.25) is 0 Å². The van der Waals surface area contributed by atoms with E-state index in [0.29, 0.717) is 18.8 Å². The van der Waals surface area contributed by atoms with Gasteiger partial charge in [0.05, 0.1) is 23.0 Å². The fourth-order valence-electron chi connectivity index (χ4n) is 3.64. The first-order valence-corrected chi connectivity index (χ1v) is 12.2. The first-order chi connectivity index (χ1) is 16.4. The number of aromatic nitrogens is 2. The van der Waals surface area contributed by atoms with Crippen LogP contribution in [-0.4, -0.2) is 71.7 Å². The van der Waals surface area contributed by atoms with Gasteiger partial charge in [0, 0.05) is 18.8 Å². The Hall–Kier alpha value is -3.36. The summed E-state index contributed by atoms with van der Waals surface area (Å²) in [5.74, 6) is -1.48. The fraction of sp³-hybridized carbons (Fsp3) is 0.476. The third-order valence-corrected chi connectivity index (χ3v) is 7.57. The number of hydrogen-bond donors (Lipinski definition) is 1. The van der Waals surface area contributed by atoms with E-state index in [1.165, 1.54) is 31.1 Å². The maximum atomic E-state index is 13.0. The van der Waals surface area contributed by atoms with Crippen molar-refractivity contribution in [3.63, 3.8) is 0 Å². The van der Waals surface area contributed by atoms with Gasteiger partial charge in [0.1, 0.15) is 17.9 Å². The van der Waals surface area contributed by atoms with E-state index >= 15 is 0 Å². The van der Waals surface area contributed by atoms with E-state index in [9.17, 15) is 28.1 Å². The molecule has 14 heteroatoms. The van der Waals surface area contributed by atoms with Crippen molar-refractivity contribution < 1.29 is 32.4 Å². The number of aryl methyl sites for hydroxylation is 2. The molecule has 2 aromatic rings. The van der Waals surface area contributed by atoms with Crippen LogP contribution >= 0.6 is 0 Å². The molecule has 1 N–H and O–H groups in total. The molecule has 190 valence electrons. The van der Waals surface area contributed by atoms with Gasteiger partial charge in [-0.05, 0) is 45.4 Å². The Balaban J connectivity index is 1.66. The van der Waals surface area contributed by atoms with Gasteiger partial charge >= 0.3 is 11.7 Å². The molecule has 1 aliphatic rings. The minimum atomic E-state index is -3.78. The Morgan fingerprint density at radius 3 is 2.51 bits per heavy atom. The largest absolute Gasteiger partial charge is 0.451 e. The molecule has 0 unspecified atom stereocenters. The highest BCUT2D eigenvalue weighted by Crippen LogP contribution is 2.25. The molecule has 1 atom stereocenters. The second kappa shape index (κ2) is 10.5. The van der Waals surface area contributed by atoms with Crippen molar-refractivity contribution in [2.75, 3.05) is 31.6 Å². The normalized spacial score (nSPS) is 15.4. The molecule has 1 aliphatic heterocycles. The highest BCUT2D eigenvalue weighted by molar-refractivity contribution is 7.89. The number of ether oxygens (including phenoxy) is 2.